The van der Waals surface area contributed by atoms with Crippen LogP contribution in [0.15, 0.2) is 10.6 Å². The van der Waals surface area contributed by atoms with Gasteiger partial charge >= 0.3 is 0 Å². The van der Waals surface area contributed by atoms with E-state index in [2.05, 4.69) is 43.6 Å². The highest BCUT2D eigenvalue weighted by Crippen LogP contribution is 2.40. The Bertz CT molecular complexity index is 215. The lowest BCUT2D eigenvalue weighted by molar-refractivity contribution is -0.0585. The second-order valence-corrected chi connectivity index (χ2v) is 4.90. The highest BCUT2D eigenvalue weighted by atomic mass is 79.9. The summed E-state index contributed by atoms with van der Waals surface area (Å²) in [5.74, 6) is 0. The zero-order valence-electron chi connectivity index (χ0n) is 8.85. The Kier molecular flexibility index (Phi) is 2.91. The van der Waals surface area contributed by atoms with Gasteiger partial charge < -0.3 is 9.47 Å². The summed E-state index contributed by atoms with van der Waals surface area (Å²) in [6, 6.07) is 0. The Morgan fingerprint density at radius 2 is 1.54 bits per heavy atom. The van der Waals surface area contributed by atoms with E-state index in [1.165, 1.54) is 0 Å². The van der Waals surface area contributed by atoms with Crippen molar-refractivity contribution in [2.24, 2.45) is 0 Å². The van der Waals surface area contributed by atoms with Crippen LogP contribution in [0.5, 0.6) is 0 Å². The second kappa shape index (κ2) is 3.37. The fraction of sp³-hybridized carbons (Fsp3) is 0.800. The summed E-state index contributed by atoms with van der Waals surface area (Å²) in [5.41, 5.74) is 0.572. The monoisotopic (exact) mass is 248 g/mol. The molecule has 1 rings (SSSR count). The number of rotatable bonds is 1. The first-order valence-electron chi connectivity index (χ1n) is 4.43. The lowest BCUT2D eigenvalue weighted by atomic mass is 9.90. The van der Waals surface area contributed by atoms with Crippen LogP contribution >= 0.6 is 15.9 Å². The molecule has 1 fully saturated rings. The lowest BCUT2D eigenvalue weighted by Crippen LogP contribution is -2.41. The number of ether oxygens (including phenoxy) is 2. The predicted molar refractivity (Wildman–Crippen MR) is 56.8 cm³/mol. The Balaban J connectivity index is 2.82. The molecule has 0 N–H and O–H groups in total. The van der Waals surface area contributed by atoms with Crippen LogP contribution < -0.4 is 0 Å². The largest absolute Gasteiger partial charge is 0.340 e. The van der Waals surface area contributed by atoms with Gasteiger partial charge in [-0.05, 0) is 45.2 Å². The average molecular weight is 249 g/mol. The smallest absolute Gasteiger partial charge is 0.181 e. The Morgan fingerprint density at radius 1 is 1.15 bits per heavy atom. The minimum atomic E-state index is -0.241. The number of halogens is 1. The van der Waals surface area contributed by atoms with Crippen LogP contribution in [0.1, 0.15) is 34.6 Å². The first-order chi connectivity index (χ1) is 5.80. The van der Waals surface area contributed by atoms with Crippen LogP contribution in [0.2, 0.25) is 0 Å². The highest BCUT2D eigenvalue weighted by Gasteiger charge is 2.49. The van der Waals surface area contributed by atoms with Gasteiger partial charge in [-0.3, -0.25) is 0 Å². The summed E-state index contributed by atoms with van der Waals surface area (Å²) >= 11 is 3.28. The lowest BCUT2D eigenvalue weighted by Gasteiger charge is -2.30. The molecule has 13 heavy (non-hydrogen) atoms. The molecule has 1 saturated heterocycles. The van der Waals surface area contributed by atoms with Crippen LogP contribution in [0.3, 0.4) is 0 Å². The summed E-state index contributed by atoms with van der Waals surface area (Å²) in [5, 5.41) is 0. The van der Waals surface area contributed by atoms with E-state index in [4.69, 9.17) is 9.47 Å². The SMILES string of the molecule is CC(=CBr)C1OC(C)(C)C(C)(C)O1. The molecular formula is C10H17BrO2. The zero-order chi connectivity index (χ0) is 10.3. The van der Waals surface area contributed by atoms with Gasteiger partial charge in [-0.2, -0.15) is 0 Å². The van der Waals surface area contributed by atoms with Crippen molar-refractivity contribution in [3.05, 3.63) is 10.6 Å². The van der Waals surface area contributed by atoms with E-state index < -0.39 is 0 Å². The Labute approximate surface area is 88.4 Å². The van der Waals surface area contributed by atoms with E-state index in [0.29, 0.717) is 0 Å². The Morgan fingerprint density at radius 3 is 1.85 bits per heavy atom. The standard InChI is InChI=1S/C10H17BrO2/c1-7(6-11)8-12-9(2,3)10(4,5)13-8/h6,8H,1-5H3. The van der Waals surface area contributed by atoms with E-state index in [1.54, 1.807) is 0 Å². The summed E-state index contributed by atoms with van der Waals surface area (Å²) in [6.45, 7) is 10.2. The molecule has 0 unspecified atom stereocenters. The molecule has 0 radical (unpaired) electrons. The van der Waals surface area contributed by atoms with E-state index in [0.717, 1.165) is 5.57 Å². The Hall–Kier alpha value is 0.140. The van der Waals surface area contributed by atoms with Crippen molar-refractivity contribution >= 4 is 15.9 Å². The van der Waals surface area contributed by atoms with Crippen molar-refractivity contribution < 1.29 is 9.47 Å². The van der Waals surface area contributed by atoms with Gasteiger partial charge in [0.25, 0.3) is 0 Å². The molecule has 0 amide bonds. The molecule has 0 bridgehead atoms. The fourth-order valence-electron chi connectivity index (χ4n) is 1.08. The second-order valence-electron chi connectivity index (χ2n) is 4.44. The number of hydrogen-bond donors (Lipinski definition) is 0. The molecule has 2 nitrogen and oxygen atoms in total. The van der Waals surface area contributed by atoms with Gasteiger partial charge in [0.1, 0.15) is 0 Å². The molecule has 0 saturated carbocycles. The molecule has 3 heteroatoms. The van der Waals surface area contributed by atoms with Crippen molar-refractivity contribution in [1.82, 2.24) is 0 Å². The quantitative estimate of drug-likeness (QED) is 0.710. The van der Waals surface area contributed by atoms with Crippen LogP contribution in [0.25, 0.3) is 0 Å². The van der Waals surface area contributed by atoms with Crippen molar-refractivity contribution in [3.63, 3.8) is 0 Å². The average Bonchev–Trinajstić information content (AvgIpc) is 2.20. The first kappa shape index (κ1) is 11.2. The van der Waals surface area contributed by atoms with Crippen molar-refractivity contribution in [2.45, 2.75) is 52.1 Å². The summed E-state index contributed by atoms with van der Waals surface area (Å²) in [6.07, 6.45) is -0.218. The highest BCUT2D eigenvalue weighted by molar-refractivity contribution is 9.11. The van der Waals surface area contributed by atoms with Gasteiger partial charge in [-0.1, -0.05) is 15.9 Å². The van der Waals surface area contributed by atoms with E-state index in [9.17, 15) is 0 Å². The van der Waals surface area contributed by atoms with Gasteiger partial charge in [0.05, 0.1) is 11.2 Å². The molecule has 1 aliphatic rings. The molecule has 0 aromatic carbocycles. The number of hydrogen-bond acceptors (Lipinski definition) is 2. The third-order valence-electron chi connectivity index (χ3n) is 2.80. The van der Waals surface area contributed by atoms with Crippen LogP contribution in [0, 0.1) is 0 Å². The first-order valence-corrected chi connectivity index (χ1v) is 5.34. The molecule has 76 valence electrons. The van der Waals surface area contributed by atoms with E-state index in [1.807, 2.05) is 11.9 Å². The fourth-order valence-corrected chi connectivity index (χ4v) is 1.30. The minimum absolute atomic E-state index is 0.218. The van der Waals surface area contributed by atoms with Gasteiger partial charge in [0, 0.05) is 0 Å². The van der Waals surface area contributed by atoms with Gasteiger partial charge in [-0.25, -0.2) is 0 Å². The van der Waals surface area contributed by atoms with E-state index >= 15 is 0 Å². The molecule has 1 heterocycles. The predicted octanol–water partition coefficient (Wildman–Crippen LogP) is 3.22. The molecule has 0 spiro atoms. The van der Waals surface area contributed by atoms with Crippen molar-refractivity contribution in [3.8, 4) is 0 Å². The van der Waals surface area contributed by atoms with Crippen molar-refractivity contribution in [1.29, 1.82) is 0 Å². The third kappa shape index (κ3) is 1.97. The van der Waals surface area contributed by atoms with Gasteiger partial charge in [-0.15, -0.1) is 0 Å². The van der Waals surface area contributed by atoms with Crippen LogP contribution in [0.4, 0.5) is 0 Å². The molecule has 0 aromatic heterocycles. The van der Waals surface area contributed by atoms with E-state index in [-0.39, 0.29) is 17.5 Å². The minimum Gasteiger partial charge on any atom is -0.340 e. The maximum Gasteiger partial charge on any atom is 0.181 e. The molecular weight excluding hydrogens is 232 g/mol. The maximum atomic E-state index is 5.80. The molecule has 0 aliphatic carbocycles. The van der Waals surface area contributed by atoms with Gasteiger partial charge in [0.2, 0.25) is 0 Å². The van der Waals surface area contributed by atoms with Crippen molar-refractivity contribution in [2.75, 3.05) is 0 Å². The zero-order valence-corrected chi connectivity index (χ0v) is 10.4. The molecule has 0 atom stereocenters. The molecule has 0 aromatic rings. The maximum absolute atomic E-state index is 5.80. The third-order valence-corrected chi connectivity index (χ3v) is 3.52. The topological polar surface area (TPSA) is 18.5 Å². The van der Waals surface area contributed by atoms with Crippen LogP contribution in [-0.2, 0) is 9.47 Å². The normalized spacial score (nSPS) is 28.0. The molecule has 1 aliphatic heterocycles. The summed E-state index contributed by atoms with van der Waals surface area (Å²) in [7, 11) is 0. The van der Waals surface area contributed by atoms with Crippen LogP contribution in [-0.4, -0.2) is 17.5 Å². The van der Waals surface area contributed by atoms with Gasteiger partial charge in [0.15, 0.2) is 6.29 Å². The summed E-state index contributed by atoms with van der Waals surface area (Å²) in [4.78, 5) is 1.84. The summed E-state index contributed by atoms with van der Waals surface area (Å²) < 4.78 is 11.6.